The third kappa shape index (κ3) is 5.63. The Hall–Kier alpha value is -3.57. The zero-order chi connectivity index (χ0) is 26.8. The first kappa shape index (κ1) is 26.1. The predicted octanol–water partition coefficient (Wildman–Crippen LogP) is 3.89. The van der Waals surface area contributed by atoms with Crippen molar-refractivity contribution in [3.63, 3.8) is 0 Å². The standard InChI is InChI=1S/C27H27BrFN7O2/c1-16(37)27-23-8-18(19-10-31-17(2)32-11-19)6-7-24(23)36(34-27)15-26(38)35-14-20(29)9-22(35)13-30-12-21-4-3-5-25(28)33-21/h3-8,10-11,20,22,30H,9,12-15H2,1-2H3/t20-,22+/m1/s1. The quantitative estimate of drug-likeness (QED) is 0.249. The number of Topliss-reactive ketones (excluding diaryl/α,β-unsaturated/α-hetero) is 1. The van der Waals surface area contributed by atoms with Crippen molar-refractivity contribution in [3.8, 4) is 11.1 Å². The van der Waals surface area contributed by atoms with Crippen LogP contribution in [0.3, 0.4) is 0 Å². The zero-order valence-corrected chi connectivity index (χ0v) is 22.7. The molecule has 0 unspecified atom stereocenters. The number of pyridine rings is 1. The first-order valence-electron chi connectivity index (χ1n) is 12.3. The highest BCUT2D eigenvalue weighted by molar-refractivity contribution is 9.10. The molecule has 0 saturated carbocycles. The van der Waals surface area contributed by atoms with Crippen LogP contribution in [0.4, 0.5) is 4.39 Å². The lowest BCUT2D eigenvalue weighted by atomic mass is 10.0. The molecule has 0 bridgehead atoms. The second-order valence-electron chi connectivity index (χ2n) is 9.43. The number of alkyl halides is 1. The fourth-order valence-corrected chi connectivity index (χ4v) is 5.15. The molecule has 1 aliphatic rings. The van der Waals surface area contributed by atoms with E-state index in [1.54, 1.807) is 17.3 Å². The summed E-state index contributed by atoms with van der Waals surface area (Å²) in [6.45, 7) is 4.17. The SMILES string of the molecule is CC(=O)c1nn(CC(=O)N2C[C@H](F)C[C@H]2CNCc2cccc(Br)n2)c2ccc(-c3cnc(C)nc3)cc12. The maximum atomic E-state index is 14.4. The van der Waals surface area contributed by atoms with Crippen LogP contribution in [0, 0.1) is 6.92 Å². The number of nitrogens with one attached hydrogen (secondary N) is 1. The molecule has 1 N–H and O–H groups in total. The van der Waals surface area contributed by atoms with Crippen molar-refractivity contribution in [1.29, 1.82) is 0 Å². The fraction of sp³-hybridized carbons (Fsp3) is 0.333. The predicted molar refractivity (Wildman–Crippen MR) is 144 cm³/mol. The van der Waals surface area contributed by atoms with E-state index in [0.717, 1.165) is 21.4 Å². The van der Waals surface area contributed by atoms with E-state index in [1.165, 1.54) is 11.6 Å². The number of likely N-dealkylation sites (tertiary alicyclic amines) is 1. The lowest BCUT2D eigenvalue weighted by Gasteiger charge is -2.25. The molecular weight excluding hydrogens is 553 g/mol. The molecule has 11 heteroatoms. The third-order valence-electron chi connectivity index (χ3n) is 6.63. The van der Waals surface area contributed by atoms with Crippen molar-refractivity contribution >= 4 is 38.5 Å². The van der Waals surface area contributed by atoms with E-state index >= 15 is 0 Å². The summed E-state index contributed by atoms with van der Waals surface area (Å²) in [5.41, 5.74) is 3.45. The highest BCUT2D eigenvalue weighted by Crippen LogP contribution is 2.27. The molecule has 1 aromatic carbocycles. The van der Waals surface area contributed by atoms with E-state index in [4.69, 9.17) is 0 Å². The van der Waals surface area contributed by atoms with Gasteiger partial charge in [-0.3, -0.25) is 14.3 Å². The van der Waals surface area contributed by atoms with E-state index in [0.29, 0.717) is 29.8 Å². The van der Waals surface area contributed by atoms with Gasteiger partial charge in [0.25, 0.3) is 0 Å². The molecule has 2 atom stereocenters. The summed E-state index contributed by atoms with van der Waals surface area (Å²) in [5.74, 6) is 0.223. The van der Waals surface area contributed by atoms with Crippen molar-refractivity contribution in [2.45, 2.75) is 45.6 Å². The zero-order valence-electron chi connectivity index (χ0n) is 21.1. The monoisotopic (exact) mass is 579 g/mol. The minimum atomic E-state index is -1.09. The Morgan fingerprint density at radius 3 is 2.68 bits per heavy atom. The van der Waals surface area contributed by atoms with Gasteiger partial charge in [0.15, 0.2) is 5.78 Å². The van der Waals surface area contributed by atoms with Crippen LogP contribution in [0.2, 0.25) is 0 Å². The molecule has 9 nitrogen and oxygen atoms in total. The Bertz CT molecular complexity index is 1490. The van der Waals surface area contributed by atoms with Gasteiger partial charge in [0.2, 0.25) is 5.91 Å². The van der Waals surface area contributed by atoms with Crippen LogP contribution in [-0.2, 0) is 17.9 Å². The van der Waals surface area contributed by atoms with Gasteiger partial charge in [-0.05, 0) is 52.7 Å². The number of hydrogen-bond acceptors (Lipinski definition) is 7. The topological polar surface area (TPSA) is 106 Å². The average Bonchev–Trinajstić information content (AvgIpc) is 3.44. The molecule has 1 aliphatic heterocycles. The van der Waals surface area contributed by atoms with Gasteiger partial charge in [0.1, 0.15) is 28.8 Å². The summed E-state index contributed by atoms with van der Waals surface area (Å²) in [6.07, 6.45) is 2.64. The molecule has 0 aliphatic carbocycles. The number of carbonyl (C=O) groups excluding carboxylic acids is 2. The van der Waals surface area contributed by atoms with Gasteiger partial charge in [-0.1, -0.05) is 12.1 Å². The highest BCUT2D eigenvalue weighted by Gasteiger charge is 2.35. The summed E-state index contributed by atoms with van der Waals surface area (Å²) in [4.78, 5) is 40.2. The molecule has 0 spiro atoms. The van der Waals surface area contributed by atoms with Crippen molar-refractivity contribution in [1.82, 2.24) is 34.9 Å². The Morgan fingerprint density at radius 2 is 1.95 bits per heavy atom. The van der Waals surface area contributed by atoms with Gasteiger partial charge in [0, 0.05) is 55.8 Å². The van der Waals surface area contributed by atoms with Gasteiger partial charge in [0.05, 0.1) is 17.8 Å². The van der Waals surface area contributed by atoms with Gasteiger partial charge in [-0.15, -0.1) is 0 Å². The van der Waals surface area contributed by atoms with E-state index in [9.17, 15) is 14.0 Å². The molecule has 38 heavy (non-hydrogen) atoms. The van der Waals surface area contributed by atoms with Crippen LogP contribution in [-0.4, -0.2) is 66.6 Å². The minimum Gasteiger partial charge on any atom is -0.334 e. The molecule has 4 heterocycles. The number of fused-ring (bicyclic) bond motifs is 1. The third-order valence-corrected chi connectivity index (χ3v) is 7.07. The summed E-state index contributed by atoms with van der Waals surface area (Å²) in [5, 5.41) is 8.41. The lowest BCUT2D eigenvalue weighted by molar-refractivity contribution is -0.132. The highest BCUT2D eigenvalue weighted by atomic mass is 79.9. The molecule has 3 aromatic heterocycles. The number of aromatic nitrogens is 5. The maximum Gasteiger partial charge on any atom is 0.244 e. The minimum absolute atomic E-state index is 0.0383. The van der Waals surface area contributed by atoms with Gasteiger partial charge in [-0.25, -0.2) is 19.3 Å². The number of carbonyl (C=O) groups is 2. The summed E-state index contributed by atoms with van der Waals surface area (Å²) in [7, 11) is 0. The van der Waals surface area contributed by atoms with Crippen molar-refractivity contribution in [2.24, 2.45) is 0 Å². The molecule has 5 rings (SSSR count). The Morgan fingerprint density at radius 1 is 1.16 bits per heavy atom. The van der Waals surface area contributed by atoms with Crippen LogP contribution < -0.4 is 5.32 Å². The van der Waals surface area contributed by atoms with Crippen LogP contribution in [0.25, 0.3) is 22.0 Å². The number of halogens is 2. The second kappa shape index (κ2) is 11.0. The first-order chi connectivity index (χ1) is 18.3. The molecule has 4 aromatic rings. The smallest absolute Gasteiger partial charge is 0.244 e. The van der Waals surface area contributed by atoms with Crippen molar-refractivity contribution < 1.29 is 14.0 Å². The van der Waals surface area contributed by atoms with E-state index in [2.05, 4.69) is 41.3 Å². The normalized spacial score (nSPS) is 17.3. The first-order valence-corrected chi connectivity index (χ1v) is 13.1. The summed E-state index contributed by atoms with van der Waals surface area (Å²) < 4.78 is 16.7. The van der Waals surface area contributed by atoms with E-state index in [1.807, 2.05) is 43.3 Å². The number of rotatable bonds is 8. The fourth-order valence-electron chi connectivity index (χ4n) is 4.77. The van der Waals surface area contributed by atoms with Gasteiger partial charge in [-0.2, -0.15) is 5.10 Å². The second-order valence-corrected chi connectivity index (χ2v) is 10.2. The van der Waals surface area contributed by atoms with Crippen LogP contribution in [0.15, 0.2) is 53.4 Å². The Labute approximate surface area is 227 Å². The number of benzene rings is 1. The molecule has 0 radical (unpaired) electrons. The maximum absolute atomic E-state index is 14.4. The summed E-state index contributed by atoms with van der Waals surface area (Å²) in [6, 6.07) is 11.0. The van der Waals surface area contributed by atoms with Gasteiger partial charge < -0.3 is 10.2 Å². The van der Waals surface area contributed by atoms with Crippen LogP contribution in [0.1, 0.15) is 35.4 Å². The van der Waals surface area contributed by atoms with Crippen molar-refractivity contribution in [2.75, 3.05) is 13.1 Å². The number of amides is 1. The molecule has 1 amide bonds. The van der Waals surface area contributed by atoms with E-state index in [-0.39, 0.29) is 42.9 Å². The van der Waals surface area contributed by atoms with Crippen LogP contribution >= 0.6 is 15.9 Å². The average molecular weight is 580 g/mol. The van der Waals surface area contributed by atoms with Gasteiger partial charge >= 0.3 is 0 Å². The molecule has 1 saturated heterocycles. The largest absolute Gasteiger partial charge is 0.334 e. The van der Waals surface area contributed by atoms with E-state index < -0.39 is 6.17 Å². The van der Waals surface area contributed by atoms with Crippen LogP contribution in [0.5, 0.6) is 0 Å². The molecule has 196 valence electrons. The number of nitrogens with zero attached hydrogens (tertiary/aromatic N) is 6. The molecular formula is C27H27BrFN7O2. The van der Waals surface area contributed by atoms with Crippen molar-refractivity contribution in [3.05, 3.63) is 70.6 Å². The molecule has 1 fully saturated rings. The summed E-state index contributed by atoms with van der Waals surface area (Å²) >= 11 is 3.36. The number of hydrogen-bond donors (Lipinski definition) is 1. The number of ketones is 1. The number of aryl methyl sites for hydroxylation is 1. The Kier molecular flexibility index (Phi) is 7.57. The Balaban J connectivity index is 1.33. The lowest BCUT2D eigenvalue weighted by Crippen LogP contribution is -2.43.